The first kappa shape index (κ1) is 20.8. The van der Waals surface area contributed by atoms with Crippen molar-refractivity contribution in [1.82, 2.24) is 4.90 Å². The lowest BCUT2D eigenvalue weighted by molar-refractivity contribution is -0.143. The van der Waals surface area contributed by atoms with E-state index in [4.69, 9.17) is 4.74 Å². The van der Waals surface area contributed by atoms with Crippen molar-refractivity contribution in [2.75, 3.05) is 20.2 Å². The molecule has 2 rings (SSSR count). The molecule has 1 N–H and O–H groups in total. The Balaban J connectivity index is 2.26. The Morgan fingerprint density at radius 2 is 1.65 bits per heavy atom. The van der Waals surface area contributed by atoms with E-state index in [0.29, 0.717) is 11.8 Å². The summed E-state index contributed by atoms with van der Waals surface area (Å²) in [4.78, 5) is 13.6. The van der Waals surface area contributed by atoms with Crippen LogP contribution in [0.5, 0.6) is 5.75 Å². The zero-order valence-electron chi connectivity index (χ0n) is 17.0. The van der Waals surface area contributed by atoms with Crippen LogP contribution in [0.4, 0.5) is 0 Å². The highest BCUT2D eigenvalue weighted by atomic mass is 16.5. The fourth-order valence-corrected chi connectivity index (χ4v) is 3.83. The third kappa shape index (κ3) is 4.79. The van der Waals surface area contributed by atoms with Crippen LogP contribution in [0, 0.1) is 5.92 Å². The van der Waals surface area contributed by atoms with E-state index < -0.39 is 5.97 Å². The lowest BCUT2D eigenvalue weighted by Crippen LogP contribution is -2.35. The molecule has 2 unspecified atom stereocenters. The molecule has 1 aliphatic rings. The molecule has 4 nitrogen and oxygen atoms in total. The lowest BCUT2D eigenvalue weighted by atomic mass is 9.87. The second kappa shape index (κ2) is 9.40. The van der Waals surface area contributed by atoms with Crippen LogP contribution in [0.3, 0.4) is 0 Å². The zero-order chi connectivity index (χ0) is 19.3. The highest BCUT2D eigenvalue weighted by Gasteiger charge is 2.25. The number of aliphatic carboxylic acids is 1. The van der Waals surface area contributed by atoms with Crippen LogP contribution in [0.15, 0.2) is 12.1 Å². The van der Waals surface area contributed by atoms with Crippen LogP contribution in [0.2, 0.25) is 0 Å². The number of carbonyl (C=O) groups is 1. The Kier molecular flexibility index (Phi) is 7.51. The predicted molar refractivity (Wildman–Crippen MR) is 106 cm³/mol. The first-order chi connectivity index (χ1) is 12.4. The molecule has 0 amide bonds. The second-order valence-electron chi connectivity index (χ2n) is 7.81. The molecule has 1 aromatic carbocycles. The molecule has 0 spiro atoms. The van der Waals surface area contributed by atoms with Gasteiger partial charge >= 0.3 is 5.97 Å². The van der Waals surface area contributed by atoms with Crippen LogP contribution in [-0.2, 0) is 11.3 Å². The Morgan fingerprint density at radius 3 is 2.04 bits per heavy atom. The second-order valence-corrected chi connectivity index (χ2v) is 7.81. The topological polar surface area (TPSA) is 49.8 Å². The highest BCUT2D eigenvalue weighted by Crippen LogP contribution is 2.38. The molecule has 1 fully saturated rings. The molecule has 1 heterocycles. The molecule has 1 aromatic rings. The van der Waals surface area contributed by atoms with Crippen molar-refractivity contribution in [3.63, 3.8) is 0 Å². The average Bonchev–Trinajstić information content (AvgIpc) is 2.66. The van der Waals surface area contributed by atoms with Crippen LogP contribution in [0.1, 0.15) is 81.9 Å². The molecule has 1 saturated heterocycles. The van der Waals surface area contributed by atoms with Crippen LogP contribution in [0.25, 0.3) is 0 Å². The van der Waals surface area contributed by atoms with Gasteiger partial charge in [-0.15, -0.1) is 0 Å². The van der Waals surface area contributed by atoms with E-state index in [1.165, 1.54) is 16.7 Å². The molecule has 2 atom stereocenters. The average molecular weight is 362 g/mol. The molecule has 26 heavy (non-hydrogen) atoms. The van der Waals surface area contributed by atoms with Gasteiger partial charge in [0, 0.05) is 6.54 Å². The van der Waals surface area contributed by atoms with Gasteiger partial charge in [-0.3, -0.25) is 9.69 Å². The van der Waals surface area contributed by atoms with Gasteiger partial charge in [-0.25, -0.2) is 0 Å². The summed E-state index contributed by atoms with van der Waals surface area (Å²) in [6.07, 6.45) is 3.68. The maximum absolute atomic E-state index is 11.2. The molecule has 0 aromatic heterocycles. The molecular weight excluding hydrogens is 326 g/mol. The van der Waals surface area contributed by atoms with Crippen molar-refractivity contribution in [2.24, 2.45) is 5.92 Å². The summed E-state index contributed by atoms with van der Waals surface area (Å²) < 4.78 is 5.83. The van der Waals surface area contributed by atoms with Gasteiger partial charge in [0.15, 0.2) is 0 Å². The number of carboxylic acid groups (broad SMARTS) is 1. The normalized spacial score (nSPS) is 18.5. The summed E-state index contributed by atoms with van der Waals surface area (Å²) in [5.74, 6) is 1.17. The SMILES string of the molecule is CCC(C)c1cc(CN2CCC(C(=O)O)CC2)cc(C(C)CC)c1OC. The van der Waals surface area contributed by atoms with E-state index >= 15 is 0 Å². The quantitative estimate of drug-likeness (QED) is 0.706. The minimum Gasteiger partial charge on any atom is -0.496 e. The Hall–Kier alpha value is -1.55. The summed E-state index contributed by atoms with van der Waals surface area (Å²) >= 11 is 0. The van der Waals surface area contributed by atoms with E-state index in [2.05, 4.69) is 44.7 Å². The summed E-state index contributed by atoms with van der Waals surface area (Å²) in [6, 6.07) is 4.62. The van der Waals surface area contributed by atoms with E-state index in [-0.39, 0.29) is 5.92 Å². The number of hydrogen-bond acceptors (Lipinski definition) is 3. The van der Waals surface area contributed by atoms with Crippen molar-refractivity contribution in [3.05, 3.63) is 28.8 Å². The van der Waals surface area contributed by atoms with Gasteiger partial charge in [-0.1, -0.05) is 39.8 Å². The van der Waals surface area contributed by atoms with Gasteiger partial charge in [0.2, 0.25) is 0 Å². The lowest BCUT2D eigenvalue weighted by Gasteiger charge is -2.31. The van der Waals surface area contributed by atoms with Gasteiger partial charge in [0.25, 0.3) is 0 Å². The van der Waals surface area contributed by atoms with Crippen molar-refractivity contribution >= 4 is 5.97 Å². The monoisotopic (exact) mass is 361 g/mol. The molecular formula is C22H35NO3. The number of likely N-dealkylation sites (tertiary alicyclic amines) is 1. The summed E-state index contributed by atoms with van der Waals surface area (Å²) in [5, 5.41) is 9.19. The summed E-state index contributed by atoms with van der Waals surface area (Å²) in [5.41, 5.74) is 3.94. The first-order valence-corrected chi connectivity index (χ1v) is 10.1. The van der Waals surface area contributed by atoms with E-state index in [9.17, 15) is 9.90 Å². The maximum atomic E-state index is 11.2. The number of rotatable bonds is 8. The van der Waals surface area contributed by atoms with E-state index in [1.54, 1.807) is 7.11 Å². The van der Waals surface area contributed by atoms with Crippen molar-refractivity contribution in [3.8, 4) is 5.75 Å². The van der Waals surface area contributed by atoms with Crippen LogP contribution >= 0.6 is 0 Å². The molecule has 1 aliphatic heterocycles. The summed E-state index contributed by atoms with van der Waals surface area (Å²) in [6.45, 7) is 11.6. The van der Waals surface area contributed by atoms with Crippen molar-refractivity contribution < 1.29 is 14.6 Å². The molecule has 0 radical (unpaired) electrons. The third-order valence-corrected chi connectivity index (χ3v) is 6.04. The number of nitrogens with zero attached hydrogens (tertiary/aromatic N) is 1. The van der Waals surface area contributed by atoms with Crippen molar-refractivity contribution in [2.45, 2.75) is 71.8 Å². The minimum atomic E-state index is -0.646. The number of benzene rings is 1. The van der Waals surface area contributed by atoms with Gasteiger partial charge in [0.05, 0.1) is 13.0 Å². The summed E-state index contributed by atoms with van der Waals surface area (Å²) in [7, 11) is 1.78. The van der Waals surface area contributed by atoms with Gasteiger partial charge < -0.3 is 9.84 Å². The molecule has 146 valence electrons. The smallest absolute Gasteiger partial charge is 0.306 e. The fraction of sp³-hybridized carbons (Fsp3) is 0.682. The molecule has 0 bridgehead atoms. The zero-order valence-corrected chi connectivity index (χ0v) is 17.0. The fourth-order valence-electron chi connectivity index (χ4n) is 3.83. The number of ether oxygens (including phenoxy) is 1. The predicted octanol–water partition coefficient (Wildman–Crippen LogP) is 5.02. The number of methoxy groups -OCH3 is 1. The highest BCUT2D eigenvalue weighted by molar-refractivity contribution is 5.70. The van der Waals surface area contributed by atoms with Gasteiger partial charge in [0.1, 0.15) is 5.75 Å². The van der Waals surface area contributed by atoms with Crippen molar-refractivity contribution in [1.29, 1.82) is 0 Å². The standard InChI is InChI=1S/C22H35NO3/c1-6-15(3)19-12-17(13-20(16(4)7-2)21(19)26-5)14-23-10-8-18(9-11-23)22(24)25/h12-13,15-16,18H,6-11,14H2,1-5H3,(H,24,25). The first-order valence-electron chi connectivity index (χ1n) is 10.1. The maximum Gasteiger partial charge on any atom is 0.306 e. The van der Waals surface area contributed by atoms with Gasteiger partial charge in [-0.2, -0.15) is 0 Å². The Morgan fingerprint density at radius 1 is 1.15 bits per heavy atom. The molecule has 4 heteroatoms. The van der Waals surface area contributed by atoms with E-state index in [0.717, 1.165) is 51.1 Å². The number of carboxylic acids is 1. The number of piperidine rings is 1. The third-order valence-electron chi connectivity index (χ3n) is 6.04. The Labute approximate surface area is 158 Å². The number of hydrogen-bond donors (Lipinski definition) is 1. The minimum absolute atomic E-state index is 0.173. The van der Waals surface area contributed by atoms with Gasteiger partial charge in [-0.05, 0) is 67.3 Å². The van der Waals surface area contributed by atoms with E-state index in [1.807, 2.05) is 0 Å². The molecule has 0 aliphatic carbocycles. The Bertz CT molecular complexity index is 574. The molecule has 0 saturated carbocycles. The largest absolute Gasteiger partial charge is 0.496 e. The van der Waals surface area contributed by atoms with Crippen LogP contribution in [-0.4, -0.2) is 36.2 Å². The van der Waals surface area contributed by atoms with Crippen LogP contribution < -0.4 is 4.74 Å².